The third-order valence-electron chi connectivity index (χ3n) is 7.69. The van der Waals surface area contributed by atoms with Crippen LogP contribution in [0.15, 0.2) is 47.4 Å². The maximum atomic E-state index is 13.0. The van der Waals surface area contributed by atoms with Crippen LogP contribution in [0.5, 0.6) is 0 Å². The lowest BCUT2D eigenvalue weighted by Gasteiger charge is -2.46. The van der Waals surface area contributed by atoms with Crippen molar-refractivity contribution in [2.45, 2.75) is 13.3 Å². The Morgan fingerprint density at radius 1 is 1.10 bits per heavy atom. The number of fused-ring (bicyclic) bond motifs is 2. The minimum atomic E-state index is -0.0962. The number of nitrogens with one attached hydrogen (secondary N) is 1. The molecule has 156 valence electrons. The minimum Gasteiger partial charge on any atom is -0.369 e. The summed E-state index contributed by atoms with van der Waals surface area (Å²) in [6.45, 7) is 6.38. The lowest BCUT2D eigenvalue weighted by atomic mass is 9.56. The minimum absolute atomic E-state index is 0.0962. The van der Waals surface area contributed by atoms with Gasteiger partial charge >= 0.3 is 0 Å². The molecule has 0 aromatic carbocycles. The zero-order valence-corrected chi connectivity index (χ0v) is 17.3. The van der Waals surface area contributed by atoms with E-state index in [1.807, 2.05) is 37.4 Å². The van der Waals surface area contributed by atoms with E-state index in [2.05, 4.69) is 26.5 Å². The van der Waals surface area contributed by atoms with Gasteiger partial charge < -0.3 is 10.2 Å². The van der Waals surface area contributed by atoms with Crippen LogP contribution >= 0.6 is 0 Å². The molecule has 1 aliphatic carbocycles. The summed E-state index contributed by atoms with van der Waals surface area (Å²) >= 11 is 0. The Kier molecular flexibility index (Phi) is 3.32. The summed E-state index contributed by atoms with van der Waals surface area (Å²) in [5.41, 5.74) is 5.09. The van der Waals surface area contributed by atoms with E-state index in [1.54, 1.807) is 15.1 Å². The molecule has 1 spiro atoms. The Morgan fingerprint density at radius 2 is 2.03 bits per heavy atom. The fraction of sp³-hybridized carbons (Fsp3) is 0.391. The number of pyridine rings is 1. The van der Waals surface area contributed by atoms with Crippen LogP contribution in [0, 0.1) is 24.2 Å². The molecule has 8 nitrogen and oxygen atoms in total. The summed E-state index contributed by atoms with van der Waals surface area (Å²) in [6, 6.07) is 11.4. The number of hydrogen-bond donors (Lipinski definition) is 1. The van der Waals surface area contributed by atoms with E-state index < -0.39 is 0 Å². The van der Waals surface area contributed by atoms with Crippen LogP contribution in [0.25, 0.3) is 22.6 Å². The van der Waals surface area contributed by atoms with E-state index in [0.29, 0.717) is 22.5 Å². The van der Waals surface area contributed by atoms with Gasteiger partial charge in [-0.25, -0.2) is 4.98 Å². The highest BCUT2D eigenvalue weighted by Crippen LogP contribution is 2.58. The second kappa shape index (κ2) is 5.91. The normalized spacial score (nSPS) is 26.9. The van der Waals surface area contributed by atoms with Crippen molar-refractivity contribution >= 4 is 16.9 Å². The molecular weight excluding hydrogens is 390 g/mol. The average molecular weight is 413 g/mol. The summed E-state index contributed by atoms with van der Waals surface area (Å²) in [5.74, 6) is 1.59. The molecule has 2 saturated heterocycles. The fourth-order valence-corrected chi connectivity index (χ4v) is 6.04. The Bertz CT molecular complexity index is 1420. The highest BCUT2D eigenvalue weighted by Gasteiger charge is 2.61. The maximum Gasteiger partial charge on any atom is 0.258 e. The fourth-order valence-electron chi connectivity index (χ4n) is 6.04. The van der Waals surface area contributed by atoms with E-state index in [-0.39, 0.29) is 5.56 Å². The standard InChI is InChI=1S/C23H23N7O/c1-14-6-17-2-4-19(27-30(17)26-14)20-8-22(31)29-11-18(3-5-21(29)25-20)28-10-16-7-15-9-24-12-23(15,16)13-28/h2-6,8,11,15-16,24H,7,9-10,12-13H2,1H3/t15-,16-,23-/m0/s1. The van der Waals surface area contributed by atoms with E-state index in [1.165, 1.54) is 6.42 Å². The van der Waals surface area contributed by atoms with Crippen LogP contribution in [0.2, 0.25) is 0 Å². The highest BCUT2D eigenvalue weighted by atomic mass is 16.1. The summed E-state index contributed by atoms with van der Waals surface area (Å²) < 4.78 is 3.24. The molecule has 4 aromatic rings. The number of hydrogen-bond acceptors (Lipinski definition) is 6. The Morgan fingerprint density at radius 3 is 2.94 bits per heavy atom. The van der Waals surface area contributed by atoms with Gasteiger partial charge in [-0.1, -0.05) is 0 Å². The van der Waals surface area contributed by atoms with Crippen molar-refractivity contribution in [3.8, 4) is 11.4 Å². The molecule has 0 bridgehead atoms. The number of nitrogens with zero attached hydrogens (tertiary/aromatic N) is 6. The van der Waals surface area contributed by atoms with E-state index >= 15 is 0 Å². The topological polar surface area (TPSA) is 79.8 Å². The Balaban J connectivity index is 1.26. The first-order valence-corrected chi connectivity index (χ1v) is 10.9. The van der Waals surface area contributed by atoms with Gasteiger partial charge in [-0.3, -0.25) is 9.20 Å². The molecule has 6 heterocycles. The van der Waals surface area contributed by atoms with Crippen LogP contribution in [0.1, 0.15) is 12.1 Å². The maximum absolute atomic E-state index is 13.0. The lowest BCUT2D eigenvalue weighted by molar-refractivity contribution is 0.0416. The zero-order chi connectivity index (χ0) is 20.7. The predicted molar refractivity (Wildman–Crippen MR) is 117 cm³/mol. The van der Waals surface area contributed by atoms with Crippen molar-refractivity contribution in [2.24, 2.45) is 17.3 Å². The first kappa shape index (κ1) is 17.4. The second-order valence-electron chi connectivity index (χ2n) is 9.39. The monoisotopic (exact) mass is 413 g/mol. The van der Waals surface area contributed by atoms with Gasteiger partial charge in [-0.2, -0.15) is 9.73 Å². The number of aryl methyl sites for hydroxylation is 1. The van der Waals surface area contributed by atoms with Gasteiger partial charge in [-0.05, 0) is 62.1 Å². The van der Waals surface area contributed by atoms with E-state index in [0.717, 1.165) is 54.9 Å². The first-order chi connectivity index (χ1) is 15.1. The van der Waals surface area contributed by atoms with Crippen LogP contribution in [-0.4, -0.2) is 50.4 Å². The van der Waals surface area contributed by atoms with Gasteiger partial charge in [0.2, 0.25) is 0 Å². The van der Waals surface area contributed by atoms with Crippen molar-refractivity contribution in [3.05, 3.63) is 58.6 Å². The largest absolute Gasteiger partial charge is 0.369 e. The smallest absolute Gasteiger partial charge is 0.258 e. The van der Waals surface area contributed by atoms with Crippen LogP contribution < -0.4 is 15.8 Å². The summed E-state index contributed by atoms with van der Waals surface area (Å²) in [5, 5.41) is 12.5. The summed E-state index contributed by atoms with van der Waals surface area (Å²) in [7, 11) is 0. The molecule has 3 atom stereocenters. The van der Waals surface area contributed by atoms with Crippen molar-refractivity contribution in [2.75, 3.05) is 31.1 Å². The van der Waals surface area contributed by atoms with E-state index in [4.69, 9.17) is 4.98 Å². The zero-order valence-electron chi connectivity index (χ0n) is 17.3. The lowest BCUT2D eigenvalue weighted by Crippen LogP contribution is -2.48. The molecule has 2 aliphatic heterocycles. The number of anilines is 1. The highest BCUT2D eigenvalue weighted by molar-refractivity contribution is 5.61. The summed E-state index contributed by atoms with van der Waals surface area (Å²) in [4.78, 5) is 20.1. The molecule has 1 N–H and O–H groups in total. The SMILES string of the molecule is Cc1cc2ccc(-c3cc(=O)n4cc(N5C[C@@H]6C[C@H]7CNC[C@]76C5)ccc4n3)nn2n1. The average Bonchev–Trinajstić information content (AvgIpc) is 3.39. The van der Waals surface area contributed by atoms with Crippen molar-refractivity contribution in [1.82, 2.24) is 29.5 Å². The van der Waals surface area contributed by atoms with Gasteiger partial charge in [0.25, 0.3) is 5.56 Å². The van der Waals surface area contributed by atoms with Gasteiger partial charge in [0, 0.05) is 37.3 Å². The van der Waals surface area contributed by atoms with Gasteiger partial charge in [0.05, 0.1) is 22.6 Å². The van der Waals surface area contributed by atoms with Crippen molar-refractivity contribution in [3.63, 3.8) is 0 Å². The van der Waals surface area contributed by atoms with Crippen molar-refractivity contribution < 1.29 is 0 Å². The third kappa shape index (κ3) is 2.39. The van der Waals surface area contributed by atoms with Gasteiger partial charge in [-0.15, -0.1) is 5.10 Å². The predicted octanol–water partition coefficient (Wildman–Crippen LogP) is 1.76. The molecule has 4 aromatic heterocycles. The molecule has 0 radical (unpaired) electrons. The Hall–Kier alpha value is -3.26. The van der Waals surface area contributed by atoms with Crippen LogP contribution in [-0.2, 0) is 0 Å². The molecule has 0 unspecified atom stereocenters. The quantitative estimate of drug-likeness (QED) is 0.540. The number of rotatable bonds is 2. The van der Waals surface area contributed by atoms with Crippen LogP contribution in [0.3, 0.4) is 0 Å². The first-order valence-electron chi connectivity index (χ1n) is 10.9. The molecule has 31 heavy (non-hydrogen) atoms. The molecule has 0 amide bonds. The van der Waals surface area contributed by atoms with Gasteiger partial charge in [0.1, 0.15) is 11.3 Å². The second-order valence-corrected chi connectivity index (χ2v) is 9.39. The molecular formula is C23H23N7O. The molecule has 3 fully saturated rings. The van der Waals surface area contributed by atoms with Gasteiger partial charge in [0.15, 0.2) is 0 Å². The molecule has 3 aliphatic rings. The number of aromatic nitrogens is 5. The molecule has 7 rings (SSSR count). The van der Waals surface area contributed by atoms with Crippen LogP contribution in [0.4, 0.5) is 5.69 Å². The molecule has 8 heteroatoms. The Labute approximate surface area is 178 Å². The molecule has 1 saturated carbocycles. The van der Waals surface area contributed by atoms with E-state index in [9.17, 15) is 4.79 Å². The third-order valence-corrected chi connectivity index (χ3v) is 7.69. The van der Waals surface area contributed by atoms with Crippen molar-refractivity contribution in [1.29, 1.82) is 0 Å². The summed E-state index contributed by atoms with van der Waals surface area (Å²) in [6.07, 6.45) is 3.27.